The monoisotopic (exact) mass is 248 g/mol. The fraction of sp³-hybridized carbons (Fsp3) is 0.300. The number of nitrogens with zero attached hydrogens (tertiary/aromatic N) is 5. The number of anilines is 1. The number of pyridine rings is 1. The van der Waals surface area contributed by atoms with Crippen LogP contribution in [0.25, 0.3) is 0 Å². The first-order valence-electron chi connectivity index (χ1n) is 5.36. The summed E-state index contributed by atoms with van der Waals surface area (Å²) in [6.45, 7) is 2.73. The highest BCUT2D eigenvalue weighted by atomic mass is 16.6. The average Bonchev–Trinajstić information content (AvgIpc) is 2.81. The Balaban J connectivity index is 2.05. The largest absolute Gasteiger partial charge is 0.362 e. The van der Waals surface area contributed by atoms with Crippen LogP contribution in [0.4, 0.5) is 11.5 Å². The summed E-state index contributed by atoms with van der Waals surface area (Å²) >= 11 is 0. The molecule has 0 aliphatic heterocycles. The number of hydrogen-bond donors (Lipinski definition) is 1. The Bertz CT molecular complexity index is 539. The molecule has 0 spiro atoms. The Labute approximate surface area is 103 Å². The Morgan fingerprint density at radius 2 is 2.33 bits per heavy atom. The number of hydrogen-bond acceptors (Lipinski definition) is 6. The first-order valence-corrected chi connectivity index (χ1v) is 5.36. The third-order valence-electron chi connectivity index (χ3n) is 2.41. The molecule has 2 aromatic heterocycles. The number of aryl methyl sites for hydroxylation is 1. The maximum absolute atomic E-state index is 10.9. The van der Waals surface area contributed by atoms with Crippen molar-refractivity contribution in [3.63, 3.8) is 0 Å². The molecule has 2 rings (SSSR count). The van der Waals surface area contributed by atoms with E-state index < -0.39 is 4.92 Å². The van der Waals surface area contributed by atoms with Crippen molar-refractivity contribution in [2.24, 2.45) is 0 Å². The van der Waals surface area contributed by atoms with Gasteiger partial charge in [-0.15, -0.1) is 5.10 Å². The maximum atomic E-state index is 10.9. The van der Waals surface area contributed by atoms with Gasteiger partial charge >= 0.3 is 5.69 Å². The molecule has 8 nitrogen and oxygen atoms in total. The van der Waals surface area contributed by atoms with E-state index in [1.807, 2.05) is 0 Å². The molecule has 0 amide bonds. The van der Waals surface area contributed by atoms with Gasteiger partial charge in [-0.1, -0.05) is 5.21 Å². The molecule has 0 aliphatic carbocycles. The van der Waals surface area contributed by atoms with Gasteiger partial charge in [0, 0.05) is 24.5 Å². The van der Waals surface area contributed by atoms with E-state index in [0.29, 0.717) is 18.7 Å². The van der Waals surface area contributed by atoms with Crippen LogP contribution in [0.1, 0.15) is 5.56 Å². The second kappa shape index (κ2) is 5.21. The molecule has 0 unspecified atom stereocenters. The molecular formula is C10H12N6O2. The Hall–Kier alpha value is -2.51. The van der Waals surface area contributed by atoms with E-state index in [1.165, 1.54) is 0 Å². The van der Waals surface area contributed by atoms with E-state index in [2.05, 4.69) is 20.6 Å². The van der Waals surface area contributed by atoms with Gasteiger partial charge in [0.2, 0.25) is 5.82 Å². The fourth-order valence-electron chi connectivity index (χ4n) is 1.55. The minimum atomic E-state index is -0.430. The van der Waals surface area contributed by atoms with Crippen molar-refractivity contribution >= 4 is 11.5 Å². The summed E-state index contributed by atoms with van der Waals surface area (Å²) in [4.78, 5) is 14.5. The van der Waals surface area contributed by atoms with Crippen molar-refractivity contribution in [3.8, 4) is 0 Å². The lowest BCUT2D eigenvalue weighted by Gasteiger charge is -2.07. The van der Waals surface area contributed by atoms with E-state index >= 15 is 0 Å². The van der Waals surface area contributed by atoms with E-state index in [1.54, 1.807) is 36.3 Å². The predicted molar refractivity (Wildman–Crippen MR) is 64.1 cm³/mol. The van der Waals surface area contributed by atoms with Crippen molar-refractivity contribution in [1.82, 2.24) is 20.0 Å². The van der Waals surface area contributed by atoms with Crippen molar-refractivity contribution in [3.05, 3.63) is 40.3 Å². The zero-order valence-corrected chi connectivity index (χ0v) is 9.78. The molecular weight excluding hydrogens is 236 g/mol. The lowest BCUT2D eigenvalue weighted by atomic mass is 10.2. The second-order valence-corrected chi connectivity index (χ2v) is 3.68. The van der Waals surface area contributed by atoms with Crippen LogP contribution in [-0.2, 0) is 6.54 Å². The van der Waals surface area contributed by atoms with Gasteiger partial charge in [0.05, 0.1) is 17.7 Å². The fourth-order valence-corrected chi connectivity index (χ4v) is 1.55. The third kappa shape index (κ3) is 2.59. The van der Waals surface area contributed by atoms with Crippen LogP contribution in [0, 0.1) is 17.0 Å². The van der Waals surface area contributed by atoms with Gasteiger partial charge in [-0.3, -0.25) is 14.8 Å². The van der Waals surface area contributed by atoms with E-state index in [-0.39, 0.29) is 11.5 Å². The van der Waals surface area contributed by atoms with Gasteiger partial charge in [0.15, 0.2) is 0 Å². The summed E-state index contributed by atoms with van der Waals surface area (Å²) < 4.78 is 1.63. The van der Waals surface area contributed by atoms with Crippen LogP contribution in [0.15, 0.2) is 24.7 Å². The molecule has 18 heavy (non-hydrogen) atoms. The van der Waals surface area contributed by atoms with Gasteiger partial charge in [0.1, 0.15) is 0 Å². The minimum absolute atomic E-state index is 0.0103. The van der Waals surface area contributed by atoms with Gasteiger partial charge in [0.25, 0.3) is 0 Å². The number of aromatic nitrogens is 4. The second-order valence-electron chi connectivity index (χ2n) is 3.68. The van der Waals surface area contributed by atoms with Crippen molar-refractivity contribution < 1.29 is 4.92 Å². The molecule has 0 atom stereocenters. The zero-order chi connectivity index (χ0) is 13.0. The van der Waals surface area contributed by atoms with Gasteiger partial charge in [-0.2, -0.15) is 0 Å². The highest BCUT2D eigenvalue weighted by Gasteiger charge is 2.17. The lowest BCUT2D eigenvalue weighted by Crippen LogP contribution is -2.13. The molecule has 0 aliphatic rings. The van der Waals surface area contributed by atoms with Gasteiger partial charge in [-0.05, 0) is 13.0 Å². The molecule has 0 saturated heterocycles. The van der Waals surface area contributed by atoms with Crippen molar-refractivity contribution in [2.45, 2.75) is 13.5 Å². The Morgan fingerprint density at radius 1 is 1.50 bits per heavy atom. The molecule has 0 saturated carbocycles. The number of nitrogens with one attached hydrogen (secondary N) is 1. The summed E-state index contributed by atoms with van der Waals surface area (Å²) in [5, 5.41) is 21.3. The highest BCUT2D eigenvalue weighted by Crippen LogP contribution is 2.24. The molecule has 1 N–H and O–H groups in total. The summed E-state index contributed by atoms with van der Waals surface area (Å²) in [5.74, 6) is 0.278. The quantitative estimate of drug-likeness (QED) is 0.626. The molecule has 2 heterocycles. The normalized spacial score (nSPS) is 10.3. The van der Waals surface area contributed by atoms with Crippen LogP contribution >= 0.6 is 0 Å². The van der Waals surface area contributed by atoms with Crippen molar-refractivity contribution in [2.75, 3.05) is 11.9 Å². The maximum Gasteiger partial charge on any atom is 0.314 e. The first-order chi connectivity index (χ1) is 8.68. The smallest absolute Gasteiger partial charge is 0.314 e. The summed E-state index contributed by atoms with van der Waals surface area (Å²) in [7, 11) is 0. The van der Waals surface area contributed by atoms with Crippen LogP contribution in [0.3, 0.4) is 0 Å². The molecule has 0 fully saturated rings. The lowest BCUT2D eigenvalue weighted by molar-refractivity contribution is -0.384. The van der Waals surface area contributed by atoms with E-state index in [9.17, 15) is 10.1 Å². The minimum Gasteiger partial charge on any atom is -0.362 e. The Kier molecular flexibility index (Phi) is 3.46. The molecule has 0 aromatic carbocycles. The van der Waals surface area contributed by atoms with E-state index in [0.717, 1.165) is 0 Å². The standard InChI is InChI=1S/C10H12N6O2/c1-8-2-3-11-10(9(8)16(17)18)12-4-6-15-7-5-13-14-15/h2-3,5,7H,4,6H2,1H3,(H,11,12). The molecule has 94 valence electrons. The summed E-state index contributed by atoms with van der Waals surface area (Å²) in [6.07, 6.45) is 4.84. The van der Waals surface area contributed by atoms with Crippen molar-refractivity contribution in [1.29, 1.82) is 0 Å². The summed E-state index contributed by atoms with van der Waals surface area (Å²) in [6, 6.07) is 1.61. The highest BCUT2D eigenvalue weighted by molar-refractivity contribution is 5.59. The van der Waals surface area contributed by atoms with Crippen LogP contribution in [0.5, 0.6) is 0 Å². The molecule has 0 radical (unpaired) electrons. The topological polar surface area (TPSA) is 98.8 Å². The van der Waals surface area contributed by atoms with E-state index in [4.69, 9.17) is 0 Å². The van der Waals surface area contributed by atoms with Crippen LogP contribution < -0.4 is 5.32 Å². The Morgan fingerprint density at radius 3 is 3.00 bits per heavy atom. The van der Waals surface area contributed by atoms with Crippen LogP contribution in [-0.4, -0.2) is 31.4 Å². The van der Waals surface area contributed by atoms with Gasteiger partial charge < -0.3 is 5.32 Å². The average molecular weight is 248 g/mol. The SMILES string of the molecule is Cc1ccnc(NCCn2ccnn2)c1[N+](=O)[O-]. The number of nitro groups is 1. The first kappa shape index (κ1) is 12.0. The van der Waals surface area contributed by atoms with Gasteiger partial charge in [-0.25, -0.2) is 4.98 Å². The zero-order valence-electron chi connectivity index (χ0n) is 9.78. The number of rotatable bonds is 5. The summed E-state index contributed by atoms with van der Waals surface area (Å²) in [5.41, 5.74) is 0.592. The van der Waals surface area contributed by atoms with Crippen LogP contribution in [0.2, 0.25) is 0 Å². The molecule has 2 aromatic rings. The predicted octanol–water partition coefficient (Wildman–Crippen LogP) is 1.00. The molecule has 8 heteroatoms. The molecule has 0 bridgehead atoms. The third-order valence-corrected chi connectivity index (χ3v) is 2.41.